The van der Waals surface area contributed by atoms with Crippen LogP contribution in [-0.2, 0) is 17.8 Å². The van der Waals surface area contributed by atoms with E-state index in [0.717, 1.165) is 16.8 Å². The van der Waals surface area contributed by atoms with Crippen LogP contribution >= 0.6 is 0 Å². The van der Waals surface area contributed by atoms with E-state index < -0.39 is 0 Å². The Hall–Kier alpha value is -2.13. The summed E-state index contributed by atoms with van der Waals surface area (Å²) >= 11 is 0. The Kier molecular flexibility index (Phi) is 5.12. The number of rotatable bonds is 5. The number of carbonyl (C=O) groups is 1. The zero-order valence-corrected chi connectivity index (χ0v) is 12.6. The van der Waals surface area contributed by atoms with Gasteiger partial charge in [0.25, 0.3) is 0 Å². The Labute approximate surface area is 126 Å². The first-order valence-electron chi connectivity index (χ1n) is 7.27. The summed E-state index contributed by atoms with van der Waals surface area (Å²) in [5, 5.41) is 2.96. The number of hydrogen-bond acceptors (Lipinski definition) is 2. The van der Waals surface area contributed by atoms with Crippen molar-refractivity contribution in [3.8, 4) is 0 Å². The fourth-order valence-corrected chi connectivity index (χ4v) is 2.28. The van der Waals surface area contributed by atoms with Crippen LogP contribution in [0.25, 0.3) is 0 Å². The molecule has 0 saturated carbocycles. The van der Waals surface area contributed by atoms with Crippen molar-refractivity contribution in [1.29, 1.82) is 0 Å². The zero-order valence-electron chi connectivity index (χ0n) is 12.6. The summed E-state index contributed by atoms with van der Waals surface area (Å²) < 4.78 is 0. The van der Waals surface area contributed by atoms with Crippen LogP contribution in [-0.4, -0.2) is 5.91 Å². The largest absolute Gasteiger partial charge is 0.326 e. The lowest BCUT2D eigenvalue weighted by Crippen LogP contribution is -2.16. The molecule has 110 valence electrons. The lowest BCUT2D eigenvalue weighted by Gasteiger charge is -2.11. The van der Waals surface area contributed by atoms with Crippen molar-refractivity contribution in [2.24, 2.45) is 5.73 Å². The SMILES string of the molecule is CC(C)c1cccc(NC(=O)Cc2ccccc2CN)c1. The number of carbonyl (C=O) groups excluding carboxylic acids is 1. The van der Waals surface area contributed by atoms with Crippen molar-refractivity contribution in [3.05, 3.63) is 65.2 Å². The molecular weight excluding hydrogens is 260 g/mol. The topological polar surface area (TPSA) is 55.1 Å². The van der Waals surface area contributed by atoms with E-state index in [1.807, 2.05) is 42.5 Å². The molecule has 3 N–H and O–H groups in total. The number of hydrogen-bond donors (Lipinski definition) is 2. The van der Waals surface area contributed by atoms with Crippen LogP contribution in [0.5, 0.6) is 0 Å². The second-order valence-electron chi connectivity index (χ2n) is 5.48. The highest BCUT2D eigenvalue weighted by molar-refractivity contribution is 5.92. The number of amides is 1. The molecule has 0 saturated heterocycles. The van der Waals surface area contributed by atoms with Gasteiger partial charge in [-0.3, -0.25) is 4.79 Å². The van der Waals surface area contributed by atoms with Crippen molar-refractivity contribution in [2.75, 3.05) is 5.32 Å². The minimum absolute atomic E-state index is 0.0168. The molecule has 0 atom stereocenters. The van der Waals surface area contributed by atoms with E-state index in [4.69, 9.17) is 5.73 Å². The zero-order chi connectivity index (χ0) is 15.2. The van der Waals surface area contributed by atoms with Crippen molar-refractivity contribution < 1.29 is 4.79 Å². The maximum Gasteiger partial charge on any atom is 0.228 e. The van der Waals surface area contributed by atoms with Gasteiger partial charge in [-0.25, -0.2) is 0 Å². The molecule has 0 unspecified atom stereocenters. The maximum absolute atomic E-state index is 12.2. The lowest BCUT2D eigenvalue weighted by atomic mass is 10.0. The highest BCUT2D eigenvalue weighted by Gasteiger charge is 2.08. The smallest absolute Gasteiger partial charge is 0.228 e. The molecule has 0 radical (unpaired) electrons. The average molecular weight is 282 g/mol. The molecular formula is C18H22N2O. The van der Waals surface area contributed by atoms with Crippen molar-refractivity contribution >= 4 is 11.6 Å². The Balaban J connectivity index is 2.06. The number of benzene rings is 2. The highest BCUT2D eigenvalue weighted by atomic mass is 16.1. The molecule has 2 aromatic rings. The molecule has 1 amide bonds. The predicted octanol–water partition coefficient (Wildman–Crippen LogP) is 3.45. The summed E-state index contributed by atoms with van der Waals surface area (Å²) in [7, 11) is 0. The van der Waals surface area contributed by atoms with Gasteiger partial charge in [-0.05, 0) is 34.7 Å². The molecule has 2 rings (SSSR count). The molecule has 0 aliphatic rings. The fraction of sp³-hybridized carbons (Fsp3) is 0.278. The van der Waals surface area contributed by atoms with Gasteiger partial charge in [0.15, 0.2) is 0 Å². The third-order valence-corrected chi connectivity index (χ3v) is 3.53. The summed E-state index contributed by atoms with van der Waals surface area (Å²) in [6.45, 7) is 4.73. The number of anilines is 1. The van der Waals surface area contributed by atoms with Crippen LogP contribution < -0.4 is 11.1 Å². The van der Waals surface area contributed by atoms with Gasteiger partial charge in [-0.1, -0.05) is 50.2 Å². The van der Waals surface area contributed by atoms with Crippen LogP contribution in [0, 0.1) is 0 Å². The first kappa shape index (κ1) is 15.3. The fourth-order valence-electron chi connectivity index (χ4n) is 2.28. The third-order valence-electron chi connectivity index (χ3n) is 3.53. The van der Waals surface area contributed by atoms with Crippen LogP contribution in [0.1, 0.15) is 36.5 Å². The van der Waals surface area contributed by atoms with Gasteiger partial charge < -0.3 is 11.1 Å². The molecule has 0 spiro atoms. The van der Waals surface area contributed by atoms with E-state index in [1.165, 1.54) is 5.56 Å². The Morgan fingerprint density at radius 1 is 1.10 bits per heavy atom. The second kappa shape index (κ2) is 7.04. The molecule has 21 heavy (non-hydrogen) atoms. The van der Waals surface area contributed by atoms with Crippen LogP contribution in [0.2, 0.25) is 0 Å². The Morgan fingerprint density at radius 2 is 1.81 bits per heavy atom. The summed E-state index contributed by atoms with van der Waals surface area (Å²) in [5.74, 6) is 0.427. The van der Waals surface area contributed by atoms with E-state index in [-0.39, 0.29) is 5.91 Å². The van der Waals surface area contributed by atoms with Gasteiger partial charge in [0.05, 0.1) is 6.42 Å². The summed E-state index contributed by atoms with van der Waals surface area (Å²) in [6, 6.07) is 15.8. The van der Waals surface area contributed by atoms with Crippen LogP contribution in [0.3, 0.4) is 0 Å². The van der Waals surface area contributed by atoms with Gasteiger partial charge in [0.1, 0.15) is 0 Å². The van der Waals surface area contributed by atoms with E-state index in [2.05, 4.69) is 25.2 Å². The van der Waals surface area contributed by atoms with Crippen molar-refractivity contribution in [1.82, 2.24) is 0 Å². The molecule has 3 nitrogen and oxygen atoms in total. The van der Waals surface area contributed by atoms with Gasteiger partial charge in [0, 0.05) is 12.2 Å². The number of nitrogens with one attached hydrogen (secondary N) is 1. The minimum atomic E-state index is -0.0168. The summed E-state index contributed by atoms with van der Waals surface area (Å²) in [6.07, 6.45) is 0.347. The summed E-state index contributed by atoms with van der Waals surface area (Å²) in [5.41, 5.74) is 9.76. The molecule has 0 aromatic heterocycles. The monoisotopic (exact) mass is 282 g/mol. The molecule has 3 heteroatoms. The first-order valence-corrected chi connectivity index (χ1v) is 7.27. The van der Waals surface area contributed by atoms with Crippen molar-refractivity contribution in [3.63, 3.8) is 0 Å². The van der Waals surface area contributed by atoms with E-state index in [0.29, 0.717) is 18.9 Å². The molecule has 0 heterocycles. The van der Waals surface area contributed by atoms with Gasteiger partial charge in [0.2, 0.25) is 5.91 Å². The Morgan fingerprint density at radius 3 is 2.48 bits per heavy atom. The van der Waals surface area contributed by atoms with E-state index in [9.17, 15) is 4.79 Å². The number of nitrogens with two attached hydrogens (primary N) is 1. The molecule has 0 aliphatic heterocycles. The standard InChI is InChI=1S/C18H22N2O/c1-13(2)14-8-5-9-17(10-14)20-18(21)11-15-6-3-4-7-16(15)12-19/h3-10,13H,11-12,19H2,1-2H3,(H,20,21). The van der Waals surface area contributed by atoms with Crippen LogP contribution in [0.15, 0.2) is 48.5 Å². The van der Waals surface area contributed by atoms with Crippen LogP contribution in [0.4, 0.5) is 5.69 Å². The second-order valence-corrected chi connectivity index (χ2v) is 5.48. The quantitative estimate of drug-likeness (QED) is 0.882. The molecule has 2 aromatic carbocycles. The average Bonchev–Trinajstić information content (AvgIpc) is 2.48. The molecule has 0 fully saturated rings. The lowest BCUT2D eigenvalue weighted by molar-refractivity contribution is -0.115. The van der Waals surface area contributed by atoms with Gasteiger partial charge >= 0.3 is 0 Å². The normalized spacial score (nSPS) is 10.7. The van der Waals surface area contributed by atoms with Crippen molar-refractivity contribution in [2.45, 2.75) is 32.7 Å². The highest BCUT2D eigenvalue weighted by Crippen LogP contribution is 2.19. The van der Waals surface area contributed by atoms with Gasteiger partial charge in [-0.15, -0.1) is 0 Å². The van der Waals surface area contributed by atoms with E-state index in [1.54, 1.807) is 0 Å². The molecule has 0 bridgehead atoms. The van der Waals surface area contributed by atoms with Gasteiger partial charge in [-0.2, -0.15) is 0 Å². The Bertz CT molecular complexity index is 620. The minimum Gasteiger partial charge on any atom is -0.326 e. The predicted molar refractivity (Wildman–Crippen MR) is 87.2 cm³/mol. The first-order chi connectivity index (χ1) is 10.1. The maximum atomic E-state index is 12.2. The summed E-state index contributed by atoms with van der Waals surface area (Å²) in [4.78, 5) is 12.2. The third kappa shape index (κ3) is 4.17. The van der Waals surface area contributed by atoms with E-state index >= 15 is 0 Å². The molecule has 0 aliphatic carbocycles.